The van der Waals surface area contributed by atoms with Crippen LogP contribution in [0.25, 0.3) is 0 Å². The second-order valence-corrected chi connectivity index (χ2v) is 7.83. The third kappa shape index (κ3) is 3.64. The predicted molar refractivity (Wildman–Crippen MR) is 104 cm³/mol. The fourth-order valence-electron chi connectivity index (χ4n) is 4.54. The minimum Gasteiger partial charge on any atom is -0.357 e. The van der Waals surface area contributed by atoms with Gasteiger partial charge in [0.1, 0.15) is 5.69 Å². The number of piperidine rings is 1. The molecular formula is C22H27N3O2. The summed E-state index contributed by atoms with van der Waals surface area (Å²) in [4.78, 5) is 32.7. The molecule has 1 atom stereocenters. The Labute approximate surface area is 160 Å². The molecule has 2 aromatic rings. The molecular weight excluding hydrogens is 338 g/mol. The van der Waals surface area contributed by atoms with Crippen LogP contribution in [0.4, 0.5) is 0 Å². The zero-order valence-corrected chi connectivity index (χ0v) is 15.7. The largest absolute Gasteiger partial charge is 0.357 e. The number of nitrogens with zero attached hydrogens (tertiary/aromatic N) is 2. The van der Waals surface area contributed by atoms with Crippen molar-refractivity contribution >= 4 is 11.8 Å². The molecule has 4 rings (SSSR count). The smallest absolute Gasteiger partial charge is 0.270 e. The molecule has 2 fully saturated rings. The van der Waals surface area contributed by atoms with Crippen molar-refractivity contribution in [2.75, 3.05) is 26.2 Å². The molecule has 2 saturated heterocycles. The molecule has 5 nitrogen and oxygen atoms in total. The number of benzene rings is 1. The van der Waals surface area contributed by atoms with Gasteiger partial charge in [0, 0.05) is 32.4 Å². The van der Waals surface area contributed by atoms with Crippen molar-refractivity contribution in [3.8, 4) is 0 Å². The Morgan fingerprint density at radius 2 is 1.93 bits per heavy atom. The molecule has 3 heterocycles. The number of nitrogens with one attached hydrogen (secondary N) is 1. The molecule has 1 aromatic carbocycles. The van der Waals surface area contributed by atoms with E-state index in [1.54, 1.807) is 12.3 Å². The number of carbonyl (C=O) groups is 2. The standard InChI is InChI=1S/C22H27N3O2/c26-20(19-10-4-13-23-19)25-16-12-22(17-25)11-6-15-24(21(22)27)14-5-9-18-7-2-1-3-8-18/h1-4,7-8,10,13,23H,5-6,9,11-12,14-17H2/t22-/m0/s1. The van der Waals surface area contributed by atoms with Gasteiger partial charge in [-0.1, -0.05) is 30.3 Å². The first kappa shape index (κ1) is 17.8. The van der Waals surface area contributed by atoms with Gasteiger partial charge in [0.15, 0.2) is 0 Å². The van der Waals surface area contributed by atoms with Crippen molar-refractivity contribution in [2.45, 2.75) is 32.1 Å². The lowest BCUT2D eigenvalue weighted by Gasteiger charge is -2.39. The van der Waals surface area contributed by atoms with E-state index in [0.717, 1.165) is 45.2 Å². The lowest BCUT2D eigenvalue weighted by molar-refractivity contribution is -0.145. The van der Waals surface area contributed by atoms with Crippen LogP contribution in [0.1, 0.15) is 41.7 Å². The van der Waals surface area contributed by atoms with Gasteiger partial charge in [-0.05, 0) is 49.8 Å². The first-order chi connectivity index (χ1) is 13.2. The number of aryl methyl sites for hydroxylation is 1. The number of aromatic nitrogens is 1. The molecule has 5 heteroatoms. The zero-order chi connectivity index (χ0) is 18.7. The molecule has 0 saturated carbocycles. The van der Waals surface area contributed by atoms with Gasteiger partial charge < -0.3 is 14.8 Å². The summed E-state index contributed by atoms with van der Waals surface area (Å²) in [7, 11) is 0. The van der Waals surface area contributed by atoms with E-state index in [1.165, 1.54) is 5.56 Å². The van der Waals surface area contributed by atoms with Crippen molar-refractivity contribution in [1.29, 1.82) is 0 Å². The van der Waals surface area contributed by atoms with Crippen LogP contribution in [-0.4, -0.2) is 52.8 Å². The third-order valence-corrected chi connectivity index (χ3v) is 6.03. The molecule has 27 heavy (non-hydrogen) atoms. The minimum absolute atomic E-state index is 0.00544. The van der Waals surface area contributed by atoms with E-state index in [-0.39, 0.29) is 17.2 Å². The molecule has 2 amide bonds. The average molecular weight is 365 g/mol. The molecule has 0 unspecified atom stereocenters. The van der Waals surface area contributed by atoms with Gasteiger partial charge in [0.25, 0.3) is 5.91 Å². The van der Waals surface area contributed by atoms with Crippen LogP contribution in [0, 0.1) is 5.41 Å². The summed E-state index contributed by atoms with van der Waals surface area (Å²) in [6, 6.07) is 14.1. The Morgan fingerprint density at radius 3 is 2.70 bits per heavy atom. The van der Waals surface area contributed by atoms with Crippen LogP contribution in [-0.2, 0) is 11.2 Å². The van der Waals surface area contributed by atoms with E-state index in [2.05, 4.69) is 29.2 Å². The van der Waals surface area contributed by atoms with Crippen molar-refractivity contribution < 1.29 is 9.59 Å². The van der Waals surface area contributed by atoms with Gasteiger partial charge in [-0.3, -0.25) is 9.59 Å². The van der Waals surface area contributed by atoms with Gasteiger partial charge >= 0.3 is 0 Å². The van der Waals surface area contributed by atoms with E-state index in [9.17, 15) is 9.59 Å². The monoisotopic (exact) mass is 365 g/mol. The second kappa shape index (κ2) is 7.59. The maximum atomic E-state index is 13.2. The van der Waals surface area contributed by atoms with Crippen molar-refractivity contribution in [2.24, 2.45) is 5.41 Å². The first-order valence-corrected chi connectivity index (χ1v) is 9.94. The highest BCUT2D eigenvalue weighted by molar-refractivity contribution is 5.94. The normalized spacial score (nSPS) is 22.6. The van der Waals surface area contributed by atoms with Gasteiger partial charge in [0.2, 0.25) is 5.91 Å². The highest BCUT2D eigenvalue weighted by Gasteiger charge is 2.49. The van der Waals surface area contributed by atoms with E-state index in [0.29, 0.717) is 18.8 Å². The van der Waals surface area contributed by atoms with Gasteiger partial charge in [0.05, 0.1) is 5.41 Å². The number of carbonyl (C=O) groups excluding carboxylic acids is 2. The minimum atomic E-state index is -0.368. The zero-order valence-electron chi connectivity index (χ0n) is 15.7. The number of rotatable bonds is 5. The SMILES string of the molecule is O=C(c1ccc[nH]1)N1CC[C@@]2(CCCN(CCCc3ccccc3)C2=O)C1. The van der Waals surface area contributed by atoms with Crippen LogP contribution in [0.2, 0.25) is 0 Å². The fraction of sp³-hybridized carbons (Fsp3) is 0.455. The third-order valence-electron chi connectivity index (χ3n) is 6.03. The number of likely N-dealkylation sites (tertiary alicyclic amines) is 2. The topological polar surface area (TPSA) is 56.4 Å². The van der Waals surface area contributed by atoms with Crippen molar-refractivity contribution in [1.82, 2.24) is 14.8 Å². The van der Waals surface area contributed by atoms with Crippen molar-refractivity contribution in [3.63, 3.8) is 0 Å². The summed E-state index contributed by atoms with van der Waals surface area (Å²) in [5.74, 6) is 0.259. The molecule has 142 valence electrons. The molecule has 0 radical (unpaired) electrons. The summed E-state index contributed by atoms with van der Waals surface area (Å²) in [6.45, 7) is 2.88. The number of hydrogen-bond acceptors (Lipinski definition) is 2. The lowest BCUT2D eigenvalue weighted by Crippen LogP contribution is -2.50. The highest BCUT2D eigenvalue weighted by Crippen LogP contribution is 2.40. The molecule has 1 N–H and O–H groups in total. The Kier molecular flexibility index (Phi) is 5.01. The number of H-pyrrole nitrogens is 1. The number of amides is 2. The predicted octanol–water partition coefficient (Wildman–Crippen LogP) is 3.10. The van der Waals surface area contributed by atoms with Crippen molar-refractivity contribution in [3.05, 3.63) is 59.9 Å². The first-order valence-electron chi connectivity index (χ1n) is 9.94. The molecule has 0 bridgehead atoms. The Morgan fingerprint density at radius 1 is 1.07 bits per heavy atom. The van der Waals surface area contributed by atoms with E-state index < -0.39 is 0 Å². The number of aromatic amines is 1. The summed E-state index contributed by atoms with van der Waals surface area (Å²) in [5.41, 5.74) is 1.56. The highest BCUT2D eigenvalue weighted by atomic mass is 16.2. The van der Waals surface area contributed by atoms with Crippen LogP contribution in [0.15, 0.2) is 48.7 Å². The summed E-state index contributed by atoms with van der Waals surface area (Å²) < 4.78 is 0. The Bertz CT molecular complexity index is 787. The van der Waals surface area contributed by atoms with Gasteiger partial charge in [-0.15, -0.1) is 0 Å². The van der Waals surface area contributed by atoms with Gasteiger partial charge in [-0.2, -0.15) is 0 Å². The molecule has 2 aliphatic rings. The van der Waals surface area contributed by atoms with E-state index >= 15 is 0 Å². The average Bonchev–Trinajstić information content (AvgIpc) is 3.37. The van der Waals surface area contributed by atoms with E-state index in [4.69, 9.17) is 0 Å². The summed E-state index contributed by atoms with van der Waals surface area (Å²) in [6.07, 6.45) is 6.45. The quantitative estimate of drug-likeness (QED) is 0.885. The molecule has 2 aliphatic heterocycles. The van der Waals surface area contributed by atoms with Crippen LogP contribution in [0.5, 0.6) is 0 Å². The Hall–Kier alpha value is -2.56. The van der Waals surface area contributed by atoms with E-state index in [1.807, 2.05) is 21.9 Å². The molecule has 1 aromatic heterocycles. The number of hydrogen-bond donors (Lipinski definition) is 1. The maximum absolute atomic E-state index is 13.2. The summed E-state index contributed by atoms with van der Waals surface area (Å²) in [5, 5.41) is 0. The van der Waals surface area contributed by atoms with Crippen LogP contribution >= 0.6 is 0 Å². The molecule has 0 aliphatic carbocycles. The van der Waals surface area contributed by atoms with Crippen LogP contribution < -0.4 is 0 Å². The maximum Gasteiger partial charge on any atom is 0.270 e. The van der Waals surface area contributed by atoms with Gasteiger partial charge in [-0.25, -0.2) is 0 Å². The second-order valence-electron chi connectivity index (χ2n) is 7.83. The van der Waals surface area contributed by atoms with Crippen LogP contribution in [0.3, 0.4) is 0 Å². The lowest BCUT2D eigenvalue weighted by atomic mass is 9.78. The Balaban J connectivity index is 1.36. The summed E-state index contributed by atoms with van der Waals surface area (Å²) >= 11 is 0. The fourth-order valence-corrected chi connectivity index (χ4v) is 4.54. The molecule has 1 spiro atoms.